The number of carbonyl (C=O) groups excluding carboxylic acids is 2. The molecule has 2 bridgehead atoms. The fourth-order valence-electron chi connectivity index (χ4n) is 8.03. The van der Waals surface area contributed by atoms with Gasteiger partial charge in [0, 0.05) is 24.0 Å². The number of fused-ring (bicyclic) bond motifs is 1. The van der Waals surface area contributed by atoms with Gasteiger partial charge in [-0.3, -0.25) is 14.7 Å². The van der Waals surface area contributed by atoms with Crippen LogP contribution in [0.25, 0.3) is 11.0 Å². The van der Waals surface area contributed by atoms with Gasteiger partial charge in [-0.15, -0.1) is 0 Å². The number of rotatable bonds is 4. The van der Waals surface area contributed by atoms with Gasteiger partial charge in [0.15, 0.2) is 10.8 Å². The summed E-state index contributed by atoms with van der Waals surface area (Å²) in [7, 11) is 0. The largest absolute Gasteiger partial charge is 0.457 e. The summed E-state index contributed by atoms with van der Waals surface area (Å²) < 4.78 is 6.25. The Kier molecular flexibility index (Phi) is 6.74. The van der Waals surface area contributed by atoms with Crippen molar-refractivity contribution >= 4 is 34.5 Å². The number of thioether (sulfide) groups is 1. The van der Waals surface area contributed by atoms with Gasteiger partial charge in [0.25, 0.3) is 0 Å². The van der Waals surface area contributed by atoms with E-state index >= 15 is 0 Å². The fourth-order valence-corrected chi connectivity index (χ4v) is 8.37. The summed E-state index contributed by atoms with van der Waals surface area (Å²) in [6.07, 6.45) is 5.98. The number of nitrogens with one attached hydrogen (secondary N) is 1. The maximum absolute atomic E-state index is 13.6. The van der Waals surface area contributed by atoms with Crippen LogP contribution in [-0.2, 0) is 9.53 Å². The Hall–Kier alpha value is -2.33. The maximum atomic E-state index is 13.6. The zero-order valence-corrected chi connectivity index (χ0v) is 23.9. The van der Waals surface area contributed by atoms with Gasteiger partial charge in [0.05, 0.1) is 11.5 Å². The van der Waals surface area contributed by atoms with Crippen LogP contribution in [-0.4, -0.2) is 55.5 Å². The molecule has 2 N–H and O–H groups in total. The molecule has 2 aromatic rings. The summed E-state index contributed by atoms with van der Waals surface area (Å²) in [6.45, 7) is 10.4. The van der Waals surface area contributed by atoms with Crippen LogP contribution in [0.2, 0.25) is 0 Å². The van der Waals surface area contributed by atoms with Gasteiger partial charge < -0.3 is 9.84 Å². The van der Waals surface area contributed by atoms with Crippen molar-refractivity contribution in [2.75, 3.05) is 6.26 Å². The van der Waals surface area contributed by atoms with E-state index in [1.807, 2.05) is 20.1 Å². The smallest absolute Gasteiger partial charge is 0.363 e. The van der Waals surface area contributed by atoms with Crippen molar-refractivity contribution < 1.29 is 19.4 Å². The first-order valence-corrected chi connectivity index (χ1v) is 14.9. The van der Waals surface area contributed by atoms with E-state index in [9.17, 15) is 19.5 Å². The van der Waals surface area contributed by atoms with Crippen molar-refractivity contribution in [3.8, 4) is 0 Å². The van der Waals surface area contributed by atoms with Gasteiger partial charge in [-0.2, -0.15) is 5.10 Å². The van der Waals surface area contributed by atoms with Crippen molar-refractivity contribution in [2.45, 2.75) is 90.5 Å². The summed E-state index contributed by atoms with van der Waals surface area (Å²) in [6, 6.07) is 0. The fraction of sp³-hybridized carbons (Fsp3) is 0.714. The quantitative estimate of drug-likeness (QED) is 0.331. The van der Waals surface area contributed by atoms with Crippen LogP contribution in [0, 0.1) is 34.0 Å². The molecule has 2 aromatic heterocycles. The third-order valence-corrected chi connectivity index (χ3v) is 11.4. The lowest BCUT2D eigenvalue weighted by molar-refractivity contribution is -0.199. The average Bonchev–Trinajstić information content (AvgIpc) is 3.26. The number of Topliss-reactive ketones (excluding diaryl/α,β-unsaturated/α-hetero) is 1. The number of ketones is 1. The lowest BCUT2D eigenvalue weighted by Gasteiger charge is -2.62. The highest BCUT2D eigenvalue weighted by atomic mass is 32.2. The number of hydrogen-bond acceptors (Lipinski definition) is 9. The molecular formula is C28H38N4O5S. The summed E-state index contributed by atoms with van der Waals surface area (Å²) >= 11 is 1.33. The topological polar surface area (TPSA) is 135 Å². The average molecular weight is 543 g/mol. The minimum absolute atomic E-state index is 0.0523. The van der Waals surface area contributed by atoms with E-state index in [2.05, 4.69) is 40.9 Å². The number of nitrogens with zero attached hydrogens (tertiary/aromatic N) is 3. The van der Waals surface area contributed by atoms with Gasteiger partial charge in [-0.05, 0) is 61.0 Å². The van der Waals surface area contributed by atoms with Crippen molar-refractivity contribution in [1.82, 2.24) is 20.2 Å². The molecule has 2 heterocycles. The number of hydrogen-bond donors (Lipinski definition) is 2. The molecule has 206 valence electrons. The predicted molar refractivity (Wildman–Crippen MR) is 144 cm³/mol. The van der Waals surface area contributed by atoms with Gasteiger partial charge in [0.1, 0.15) is 11.9 Å². The van der Waals surface area contributed by atoms with E-state index in [0.717, 1.165) is 19.3 Å². The van der Waals surface area contributed by atoms with Crippen LogP contribution in [0.4, 0.5) is 0 Å². The molecule has 0 spiro atoms. The minimum Gasteiger partial charge on any atom is -0.457 e. The molecule has 3 aliphatic rings. The highest BCUT2D eigenvalue weighted by molar-refractivity contribution is 7.98. The highest BCUT2D eigenvalue weighted by Crippen LogP contribution is 2.68. The first kappa shape index (κ1) is 27.2. The molecule has 0 radical (unpaired) electrons. The van der Waals surface area contributed by atoms with E-state index in [4.69, 9.17) is 4.74 Å². The number of esters is 1. The minimum atomic E-state index is -0.830. The normalized spacial score (nSPS) is 38.9. The Labute approximate surface area is 226 Å². The second-order valence-electron chi connectivity index (χ2n) is 12.3. The molecule has 10 heteroatoms. The Morgan fingerprint density at radius 2 is 2.00 bits per heavy atom. The van der Waals surface area contributed by atoms with Crippen molar-refractivity contribution in [3.05, 3.63) is 22.1 Å². The molecule has 38 heavy (non-hydrogen) atoms. The first-order chi connectivity index (χ1) is 17.9. The zero-order chi connectivity index (χ0) is 27.6. The number of H-pyrrole nitrogens is 1. The molecule has 0 amide bonds. The zero-order valence-electron chi connectivity index (χ0n) is 23.0. The molecule has 5 rings (SSSR count). The Bertz CT molecular complexity index is 1350. The van der Waals surface area contributed by atoms with Crippen molar-refractivity contribution in [1.29, 1.82) is 0 Å². The summed E-state index contributed by atoms with van der Waals surface area (Å²) in [5.74, 6) is -0.885. The van der Waals surface area contributed by atoms with Crippen LogP contribution in [0.5, 0.6) is 0 Å². The van der Waals surface area contributed by atoms with Crippen LogP contribution >= 0.6 is 11.8 Å². The molecule has 3 saturated carbocycles. The Balaban J connectivity index is 1.60. The lowest BCUT2D eigenvalue weighted by Crippen LogP contribution is -2.63. The monoisotopic (exact) mass is 542 g/mol. The summed E-state index contributed by atoms with van der Waals surface area (Å²) in [5, 5.41) is 19.1. The number of aromatic nitrogens is 4. The molecule has 3 aliphatic carbocycles. The molecule has 0 aliphatic heterocycles. The molecule has 1 unspecified atom stereocenters. The van der Waals surface area contributed by atoms with Crippen LogP contribution in [0.3, 0.4) is 0 Å². The van der Waals surface area contributed by atoms with Crippen LogP contribution in [0.15, 0.2) is 16.1 Å². The molecule has 8 atom stereocenters. The number of aromatic amines is 1. The molecule has 3 fully saturated rings. The van der Waals surface area contributed by atoms with E-state index in [-0.39, 0.29) is 45.7 Å². The number of aliphatic hydroxyl groups is 1. The van der Waals surface area contributed by atoms with Crippen molar-refractivity contribution in [3.63, 3.8) is 0 Å². The summed E-state index contributed by atoms with van der Waals surface area (Å²) in [4.78, 5) is 48.9. The molecule has 0 aromatic carbocycles. The standard InChI is InChI=1S/C28H38N4O5S/c1-7-26(4)12-18(37-24(36)19-20(34)16-13-29-25(38-6)30-23(16)32-31-19)27(5)14(2)8-10-28(15(3)22(26)35)11-9-17(33)21(27)28/h13-15,18,21-22,35H,7-12H2,1-6H3,(H,29,30,32,34)/t14-,15+,18-,21?,22+,26-,27+,28+/m1/s1. The Morgan fingerprint density at radius 1 is 1.26 bits per heavy atom. The summed E-state index contributed by atoms with van der Waals surface area (Å²) in [5.41, 5.74) is -2.19. The highest BCUT2D eigenvalue weighted by Gasteiger charge is 2.68. The molecule has 0 saturated heterocycles. The third-order valence-electron chi connectivity index (χ3n) is 10.8. The van der Waals surface area contributed by atoms with Crippen molar-refractivity contribution in [2.24, 2.45) is 34.0 Å². The van der Waals surface area contributed by atoms with Gasteiger partial charge in [-0.1, -0.05) is 46.4 Å². The van der Waals surface area contributed by atoms with Crippen LogP contribution < -0.4 is 5.43 Å². The first-order valence-electron chi connectivity index (χ1n) is 13.6. The Morgan fingerprint density at radius 3 is 2.68 bits per heavy atom. The number of ether oxygens (including phenoxy) is 1. The van der Waals surface area contributed by atoms with E-state index in [1.165, 1.54) is 18.0 Å². The van der Waals surface area contributed by atoms with E-state index in [1.54, 1.807) is 0 Å². The predicted octanol–water partition coefficient (Wildman–Crippen LogP) is 4.18. The SMILES string of the molecule is CC[C@]1(C)C[C@@H](OC(=O)c2n[nH]c3nc(SC)ncc3c2=O)[C@@]2(C)C3C(=O)CC[C@@]3(CC[C@H]2C)[C@@H](C)[C@@H]1O. The number of carbonyl (C=O) groups is 2. The van der Waals surface area contributed by atoms with Gasteiger partial charge in [0.2, 0.25) is 11.1 Å². The second-order valence-corrected chi connectivity index (χ2v) is 13.1. The molecule has 9 nitrogen and oxygen atoms in total. The van der Waals surface area contributed by atoms with Crippen LogP contribution in [0.1, 0.15) is 83.6 Å². The second kappa shape index (κ2) is 9.40. The van der Waals surface area contributed by atoms with Gasteiger partial charge >= 0.3 is 5.97 Å². The molecular weight excluding hydrogens is 504 g/mol. The number of aliphatic hydroxyl groups excluding tert-OH is 1. The maximum Gasteiger partial charge on any atom is 0.363 e. The van der Waals surface area contributed by atoms with Gasteiger partial charge in [-0.25, -0.2) is 14.8 Å². The van der Waals surface area contributed by atoms with E-state index in [0.29, 0.717) is 24.4 Å². The van der Waals surface area contributed by atoms with E-state index < -0.39 is 34.4 Å². The lowest BCUT2D eigenvalue weighted by atomic mass is 9.43. The third kappa shape index (κ3) is 3.77.